The highest BCUT2D eigenvalue weighted by molar-refractivity contribution is 5.45. The Morgan fingerprint density at radius 3 is 2.71 bits per heavy atom. The fraction of sp³-hybridized carbons (Fsp3) is 0.643. The van der Waals surface area contributed by atoms with Crippen molar-refractivity contribution in [3.8, 4) is 0 Å². The lowest BCUT2D eigenvalue weighted by atomic mass is 10.1. The topological polar surface area (TPSA) is 42.1 Å². The van der Waals surface area contributed by atoms with Gasteiger partial charge in [0.2, 0.25) is 0 Å². The third-order valence-electron chi connectivity index (χ3n) is 3.60. The maximum Gasteiger partial charge on any atom is 0.129 e. The van der Waals surface area contributed by atoms with Crippen LogP contribution in [0.2, 0.25) is 0 Å². The molecule has 2 atom stereocenters. The van der Waals surface area contributed by atoms with Gasteiger partial charge in [-0.05, 0) is 43.4 Å². The van der Waals surface area contributed by atoms with Crippen LogP contribution in [0.4, 0.5) is 5.82 Å². The molecule has 0 bridgehead atoms. The van der Waals surface area contributed by atoms with Crippen LogP contribution in [0.25, 0.3) is 0 Å². The summed E-state index contributed by atoms with van der Waals surface area (Å²) in [5.41, 5.74) is 8.10. The molecule has 3 nitrogen and oxygen atoms in total. The molecule has 1 aromatic heterocycles. The molecule has 2 heterocycles. The van der Waals surface area contributed by atoms with Gasteiger partial charge in [-0.15, -0.1) is 0 Å². The van der Waals surface area contributed by atoms with Crippen molar-refractivity contribution in [2.24, 2.45) is 11.7 Å². The summed E-state index contributed by atoms with van der Waals surface area (Å²) in [4.78, 5) is 7.16. The van der Waals surface area contributed by atoms with E-state index in [1.54, 1.807) is 0 Å². The van der Waals surface area contributed by atoms with E-state index >= 15 is 0 Å². The highest BCUT2D eigenvalue weighted by Crippen LogP contribution is 2.28. The highest BCUT2D eigenvalue weighted by atomic mass is 15.2. The quantitative estimate of drug-likeness (QED) is 0.871. The van der Waals surface area contributed by atoms with E-state index in [4.69, 9.17) is 10.7 Å². The smallest absolute Gasteiger partial charge is 0.129 e. The number of nitrogens with two attached hydrogens (primary N) is 1. The number of hydrogen-bond acceptors (Lipinski definition) is 3. The lowest BCUT2D eigenvalue weighted by molar-refractivity contribution is 0.625. The van der Waals surface area contributed by atoms with Crippen LogP contribution >= 0.6 is 0 Å². The van der Waals surface area contributed by atoms with Gasteiger partial charge in [0.1, 0.15) is 5.82 Å². The molecule has 94 valence electrons. The molecule has 0 spiro atoms. The summed E-state index contributed by atoms with van der Waals surface area (Å²) < 4.78 is 0. The van der Waals surface area contributed by atoms with E-state index < -0.39 is 0 Å². The van der Waals surface area contributed by atoms with Crippen LogP contribution in [-0.4, -0.2) is 17.6 Å². The predicted octanol–water partition coefficient (Wildman–Crippen LogP) is 2.34. The summed E-state index contributed by atoms with van der Waals surface area (Å²) in [5, 5.41) is 0. The fourth-order valence-electron chi connectivity index (χ4n) is 2.70. The Balaban J connectivity index is 2.31. The first-order valence-electron chi connectivity index (χ1n) is 6.60. The van der Waals surface area contributed by atoms with E-state index in [1.165, 1.54) is 12.0 Å². The van der Waals surface area contributed by atoms with Crippen molar-refractivity contribution in [1.82, 2.24) is 4.98 Å². The Morgan fingerprint density at radius 1 is 1.41 bits per heavy atom. The average Bonchev–Trinajstić information content (AvgIpc) is 2.67. The van der Waals surface area contributed by atoms with Gasteiger partial charge in [-0.25, -0.2) is 4.98 Å². The van der Waals surface area contributed by atoms with Gasteiger partial charge in [0, 0.05) is 24.8 Å². The van der Waals surface area contributed by atoms with Crippen molar-refractivity contribution < 1.29 is 0 Å². The SMILES string of the molecule is CCc1cc(CN)cc(N2CC(C)CC2C)n1. The monoisotopic (exact) mass is 233 g/mol. The third-order valence-corrected chi connectivity index (χ3v) is 3.60. The summed E-state index contributed by atoms with van der Waals surface area (Å²) >= 11 is 0. The number of rotatable bonds is 3. The van der Waals surface area contributed by atoms with Crippen molar-refractivity contribution >= 4 is 5.82 Å². The Morgan fingerprint density at radius 2 is 2.18 bits per heavy atom. The van der Waals surface area contributed by atoms with Crippen LogP contribution in [0.3, 0.4) is 0 Å². The van der Waals surface area contributed by atoms with Crippen molar-refractivity contribution in [3.05, 3.63) is 23.4 Å². The standard InChI is InChI=1S/C14H23N3/c1-4-13-6-12(8-15)7-14(16-13)17-9-10(2)5-11(17)3/h6-7,10-11H,4-5,8-9,15H2,1-3H3. The second-order valence-corrected chi connectivity index (χ2v) is 5.22. The molecule has 1 aliphatic rings. The van der Waals surface area contributed by atoms with Gasteiger partial charge in [0.05, 0.1) is 0 Å². The van der Waals surface area contributed by atoms with Crippen molar-refractivity contribution in [2.45, 2.75) is 46.2 Å². The van der Waals surface area contributed by atoms with Gasteiger partial charge in [-0.2, -0.15) is 0 Å². The van der Waals surface area contributed by atoms with Gasteiger partial charge in [0.25, 0.3) is 0 Å². The van der Waals surface area contributed by atoms with Crippen LogP contribution in [0.15, 0.2) is 12.1 Å². The fourth-order valence-corrected chi connectivity index (χ4v) is 2.70. The lowest BCUT2D eigenvalue weighted by Crippen LogP contribution is -2.28. The van der Waals surface area contributed by atoms with Gasteiger partial charge >= 0.3 is 0 Å². The van der Waals surface area contributed by atoms with E-state index in [-0.39, 0.29) is 0 Å². The van der Waals surface area contributed by atoms with Crippen LogP contribution in [0, 0.1) is 5.92 Å². The molecule has 0 amide bonds. The molecular formula is C14H23N3. The molecule has 17 heavy (non-hydrogen) atoms. The molecule has 0 radical (unpaired) electrons. The molecule has 2 N–H and O–H groups in total. The largest absolute Gasteiger partial charge is 0.354 e. The van der Waals surface area contributed by atoms with Crippen LogP contribution in [0.1, 0.15) is 38.4 Å². The van der Waals surface area contributed by atoms with Crippen LogP contribution in [0.5, 0.6) is 0 Å². The Labute approximate surface area is 104 Å². The van der Waals surface area contributed by atoms with E-state index in [0.29, 0.717) is 12.6 Å². The van der Waals surface area contributed by atoms with Gasteiger partial charge in [0.15, 0.2) is 0 Å². The predicted molar refractivity (Wildman–Crippen MR) is 72.1 cm³/mol. The van der Waals surface area contributed by atoms with Gasteiger partial charge in [-0.1, -0.05) is 13.8 Å². The minimum atomic E-state index is 0.593. The molecule has 2 unspecified atom stereocenters. The van der Waals surface area contributed by atoms with E-state index in [1.807, 2.05) is 0 Å². The minimum Gasteiger partial charge on any atom is -0.354 e. The Hall–Kier alpha value is -1.09. The molecule has 0 saturated carbocycles. The molecule has 0 aromatic carbocycles. The van der Waals surface area contributed by atoms with Crippen LogP contribution in [-0.2, 0) is 13.0 Å². The average molecular weight is 233 g/mol. The summed E-state index contributed by atoms with van der Waals surface area (Å²) in [6, 6.07) is 4.86. The van der Waals surface area contributed by atoms with Gasteiger partial charge in [-0.3, -0.25) is 0 Å². The summed E-state index contributed by atoms with van der Waals surface area (Å²) in [6.45, 7) is 8.45. The molecule has 1 aromatic rings. The second kappa shape index (κ2) is 5.05. The molecule has 0 aliphatic carbocycles. The number of pyridine rings is 1. The molecule has 1 fully saturated rings. The number of nitrogens with zero attached hydrogens (tertiary/aromatic N) is 2. The van der Waals surface area contributed by atoms with Crippen molar-refractivity contribution in [1.29, 1.82) is 0 Å². The Bertz CT molecular complexity index is 367. The highest BCUT2D eigenvalue weighted by Gasteiger charge is 2.27. The molecule has 1 saturated heterocycles. The molecule has 2 rings (SSSR count). The number of anilines is 1. The van der Waals surface area contributed by atoms with E-state index in [2.05, 4.69) is 37.8 Å². The lowest BCUT2D eigenvalue weighted by Gasteiger charge is -2.23. The first-order chi connectivity index (χ1) is 8.13. The van der Waals surface area contributed by atoms with Crippen LogP contribution < -0.4 is 10.6 Å². The Kier molecular flexibility index (Phi) is 3.67. The maximum atomic E-state index is 5.76. The number of aromatic nitrogens is 1. The minimum absolute atomic E-state index is 0.593. The van der Waals surface area contributed by atoms with Crippen molar-refractivity contribution in [2.75, 3.05) is 11.4 Å². The first-order valence-corrected chi connectivity index (χ1v) is 6.60. The number of hydrogen-bond donors (Lipinski definition) is 1. The molecule has 3 heteroatoms. The molecule has 1 aliphatic heterocycles. The summed E-state index contributed by atoms with van der Waals surface area (Å²) in [5.74, 6) is 1.88. The zero-order valence-electron chi connectivity index (χ0n) is 11.1. The first kappa shape index (κ1) is 12.4. The maximum absolute atomic E-state index is 5.76. The summed E-state index contributed by atoms with van der Waals surface area (Å²) in [6.07, 6.45) is 2.23. The van der Waals surface area contributed by atoms with E-state index in [0.717, 1.165) is 30.4 Å². The third kappa shape index (κ3) is 2.60. The van der Waals surface area contributed by atoms with Crippen molar-refractivity contribution in [3.63, 3.8) is 0 Å². The zero-order valence-corrected chi connectivity index (χ0v) is 11.1. The molecular weight excluding hydrogens is 210 g/mol. The van der Waals surface area contributed by atoms with Gasteiger partial charge < -0.3 is 10.6 Å². The normalized spacial score (nSPS) is 24.4. The second-order valence-electron chi connectivity index (χ2n) is 5.22. The summed E-state index contributed by atoms with van der Waals surface area (Å²) in [7, 11) is 0. The number of aryl methyl sites for hydroxylation is 1. The zero-order chi connectivity index (χ0) is 12.4. The van der Waals surface area contributed by atoms with E-state index in [9.17, 15) is 0 Å².